The number of aromatic nitrogens is 2. The fourth-order valence-electron chi connectivity index (χ4n) is 1.27. The van der Waals surface area contributed by atoms with Gasteiger partial charge in [0.2, 0.25) is 16.7 Å². The summed E-state index contributed by atoms with van der Waals surface area (Å²) in [5.74, 6) is 0.0477. The van der Waals surface area contributed by atoms with Gasteiger partial charge in [0.1, 0.15) is 11.5 Å². The van der Waals surface area contributed by atoms with E-state index >= 15 is 0 Å². The molecule has 1 heterocycles. The summed E-state index contributed by atoms with van der Waals surface area (Å²) in [6, 6.07) is 10.3. The number of nitrogens with zero attached hydrogens (tertiary/aromatic N) is 2. The molecular weight excluding hydrogens is 320 g/mol. The highest BCUT2D eigenvalue weighted by molar-refractivity contribution is 9.09. The van der Waals surface area contributed by atoms with E-state index in [-0.39, 0.29) is 16.8 Å². The van der Waals surface area contributed by atoms with Gasteiger partial charge in [-0.3, -0.25) is 4.79 Å². The fraction of sp³-hybridized carbons (Fsp3) is 0.0833. The van der Waals surface area contributed by atoms with E-state index < -0.39 is 5.01 Å². The van der Waals surface area contributed by atoms with E-state index in [4.69, 9.17) is 16.3 Å². The molecule has 0 fully saturated rings. The lowest BCUT2D eigenvalue weighted by molar-refractivity contribution is 0.0893. The number of ether oxygens (including phenoxy) is 1. The minimum Gasteiger partial charge on any atom is -0.454 e. The Labute approximate surface area is 117 Å². The van der Waals surface area contributed by atoms with Gasteiger partial charge in [-0.15, -0.1) is 0 Å². The zero-order chi connectivity index (χ0) is 13.0. The van der Waals surface area contributed by atoms with Crippen LogP contribution in [-0.2, 0) is 0 Å². The molecule has 0 aliphatic carbocycles. The standard InChI is InChI=1S/C12H8BrClN2O2/c13-12(11(17)8-4-2-1-3-5-8)18-10-6-9(14)15-7-16-10/h1-7,12H. The van der Waals surface area contributed by atoms with Gasteiger partial charge in [-0.05, 0) is 15.9 Å². The Hall–Kier alpha value is -1.46. The quantitative estimate of drug-likeness (QED) is 0.492. The Kier molecular flexibility index (Phi) is 4.28. The molecule has 6 heteroatoms. The van der Waals surface area contributed by atoms with E-state index in [1.807, 2.05) is 6.07 Å². The molecule has 0 radical (unpaired) electrons. The molecule has 1 unspecified atom stereocenters. The Morgan fingerprint density at radius 2 is 2.00 bits per heavy atom. The van der Waals surface area contributed by atoms with Crippen molar-refractivity contribution in [2.75, 3.05) is 0 Å². The Morgan fingerprint density at radius 1 is 1.28 bits per heavy atom. The van der Waals surface area contributed by atoms with E-state index in [9.17, 15) is 4.79 Å². The molecule has 0 spiro atoms. The van der Waals surface area contributed by atoms with Crippen LogP contribution in [0.5, 0.6) is 5.88 Å². The summed E-state index contributed by atoms with van der Waals surface area (Å²) in [5.41, 5.74) is 0.555. The van der Waals surface area contributed by atoms with Crippen molar-refractivity contribution >= 4 is 33.3 Å². The van der Waals surface area contributed by atoms with Crippen molar-refractivity contribution < 1.29 is 9.53 Å². The molecule has 1 atom stereocenters. The van der Waals surface area contributed by atoms with Crippen LogP contribution in [0.3, 0.4) is 0 Å². The molecule has 0 saturated carbocycles. The molecule has 0 aliphatic heterocycles. The van der Waals surface area contributed by atoms with Gasteiger partial charge < -0.3 is 4.74 Å². The first-order valence-corrected chi connectivity index (χ1v) is 6.34. The lowest BCUT2D eigenvalue weighted by Crippen LogP contribution is -2.21. The van der Waals surface area contributed by atoms with Crippen molar-refractivity contribution in [1.29, 1.82) is 0 Å². The van der Waals surface area contributed by atoms with Crippen LogP contribution in [0.2, 0.25) is 5.15 Å². The summed E-state index contributed by atoms with van der Waals surface area (Å²) < 4.78 is 5.34. The minimum atomic E-state index is -0.814. The summed E-state index contributed by atoms with van der Waals surface area (Å²) in [5, 5.41) is -0.558. The number of halogens is 2. The topological polar surface area (TPSA) is 52.1 Å². The van der Waals surface area contributed by atoms with Crippen LogP contribution in [-0.4, -0.2) is 20.8 Å². The highest BCUT2D eigenvalue weighted by Gasteiger charge is 2.18. The minimum absolute atomic E-state index is 0.190. The number of hydrogen-bond donors (Lipinski definition) is 0. The molecular formula is C12H8BrClN2O2. The number of Topliss-reactive ketones (excluding diaryl/α,β-unsaturated/α-hetero) is 1. The maximum Gasteiger partial charge on any atom is 0.219 e. The molecule has 0 aliphatic rings. The molecule has 18 heavy (non-hydrogen) atoms. The first kappa shape index (κ1) is 13.0. The van der Waals surface area contributed by atoms with Crippen LogP contribution in [0.4, 0.5) is 0 Å². The van der Waals surface area contributed by atoms with Gasteiger partial charge in [-0.25, -0.2) is 9.97 Å². The average molecular weight is 328 g/mol. The highest BCUT2D eigenvalue weighted by atomic mass is 79.9. The van der Waals surface area contributed by atoms with Gasteiger partial charge in [0, 0.05) is 11.6 Å². The number of rotatable bonds is 4. The van der Waals surface area contributed by atoms with E-state index in [0.717, 1.165) is 0 Å². The molecule has 2 rings (SSSR count). The van der Waals surface area contributed by atoms with Crippen molar-refractivity contribution in [2.24, 2.45) is 0 Å². The van der Waals surface area contributed by atoms with Gasteiger partial charge in [0.15, 0.2) is 0 Å². The largest absolute Gasteiger partial charge is 0.454 e. The summed E-state index contributed by atoms with van der Waals surface area (Å²) in [6.07, 6.45) is 1.27. The number of carbonyl (C=O) groups excluding carboxylic acids is 1. The molecule has 0 amide bonds. The van der Waals surface area contributed by atoms with Crippen LogP contribution in [0.15, 0.2) is 42.7 Å². The molecule has 0 N–H and O–H groups in total. The summed E-state index contributed by atoms with van der Waals surface area (Å²) in [7, 11) is 0. The maximum atomic E-state index is 12.0. The van der Waals surface area contributed by atoms with Crippen LogP contribution in [0, 0.1) is 0 Å². The van der Waals surface area contributed by atoms with Gasteiger partial charge in [0.25, 0.3) is 0 Å². The summed E-state index contributed by atoms with van der Waals surface area (Å²) in [4.78, 5) is 19.6. The smallest absolute Gasteiger partial charge is 0.219 e. The fourth-order valence-corrected chi connectivity index (χ4v) is 1.87. The maximum absolute atomic E-state index is 12.0. The van der Waals surface area contributed by atoms with Crippen LogP contribution in [0.1, 0.15) is 10.4 Å². The van der Waals surface area contributed by atoms with E-state index in [1.54, 1.807) is 24.3 Å². The zero-order valence-corrected chi connectivity index (χ0v) is 11.4. The lowest BCUT2D eigenvalue weighted by Gasteiger charge is -2.10. The third kappa shape index (κ3) is 3.27. The van der Waals surface area contributed by atoms with Crippen molar-refractivity contribution in [2.45, 2.75) is 5.01 Å². The van der Waals surface area contributed by atoms with Gasteiger partial charge in [0.05, 0.1) is 0 Å². The van der Waals surface area contributed by atoms with E-state index in [0.29, 0.717) is 5.56 Å². The molecule has 1 aromatic heterocycles. The highest BCUT2D eigenvalue weighted by Crippen LogP contribution is 2.17. The normalized spacial score (nSPS) is 11.9. The Bertz CT molecular complexity index is 551. The first-order chi connectivity index (χ1) is 8.66. The Morgan fingerprint density at radius 3 is 2.67 bits per heavy atom. The molecule has 4 nitrogen and oxygen atoms in total. The van der Waals surface area contributed by atoms with Crippen LogP contribution >= 0.6 is 27.5 Å². The van der Waals surface area contributed by atoms with E-state index in [1.165, 1.54) is 12.4 Å². The molecule has 2 aromatic rings. The SMILES string of the molecule is O=C(c1ccccc1)C(Br)Oc1cc(Cl)ncn1. The second-order valence-corrected chi connectivity index (χ2v) is 4.56. The van der Waals surface area contributed by atoms with Crippen molar-refractivity contribution in [3.63, 3.8) is 0 Å². The van der Waals surface area contributed by atoms with Crippen molar-refractivity contribution in [3.05, 3.63) is 53.4 Å². The van der Waals surface area contributed by atoms with Gasteiger partial charge >= 0.3 is 0 Å². The van der Waals surface area contributed by atoms with Gasteiger partial charge in [-0.1, -0.05) is 41.9 Å². The predicted molar refractivity (Wildman–Crippen MR) is 71.2 cm³/mol. The average Bonchev–Trinajstić information content (AvgIpc) is 2.39. The lowest BCUT2D eigenvalue weighted by atomic mass is 10.1. The molecule has 0 saturated heterocycles. The molecule has 1 aromatic carbocycles. The number of hydrogen-bond acceptors (Lipinski definition) is 4. The third-order valence-corrected chi connectivity index (χ3v) is 2.91. The van der Waals surface area contributed by atoms with Crippen molar-refractivity contribution in [1.82, 2.24) is 9.97 Å². The van der Waals surface area contributed by atoms with Gasteiger partial charge in [-0.2, -0.15) is 0 Å². The molecule has 0 bridgehead atoms. The van der Waals surface area contributed by atoms with Crippen molar-refractivity contribution in [3.8, 4) is 5.88 Å². The monoisotopic (exact) mass is 326 g/mol. The summed E-state index contributed by atoms with van der Waals surface area (Å²) in [6.45, 7) is 0. The first-order valence-electron chi connectivity index (χ1n) is 5.04. The van der Waals surface area contributed by atoms with Crippen LogP contribution in [0.25, 0.3) is 0 Å². The van der Waals surface area contributed by atoms with Crippen LogP contribution < -0.4 is 4.74 Å². The third-order valence-electron chi connectivity index (χ3n) is 2.10. The number of carbonyl (C=O) groups is 1. The summed E-state index contributed by atoms with van der Waals surface area (Å²) >= 11 is 8.86. The predicted octanol–water partition coefficient (Wildman–Crippen LogP) is 3.11. The molecule has 92 valence electrons. The zero-order valence-electron chi connectivity index (χ0n) is 9.09. The second-order valence-electron chi connectivity index (χ2n) is 3.34. The number of ketones is 1. The van der Waals surface area contributed by atoms with E-state index in [2.05, 4.69) is 25.9 Å². The second kappa shape index (κ2) is 5.93. The Balaban J connectivity index is 2.09. The number of alkyl halides is 1. The number of benzene rings is 1.